The van der Waals surface area contributed by atoms with Crippen LogP contribution < -0.4 is 4.52 Å². The first-order chi connectivity index (χ1) is 18.8. The van der Waals surface area contributed by atoms with Crippen LogP contribution in [0.4, 0.5) is 0 Å². The van der Waals surface area contributed by atoms with E-state index in [4.69, 9.17) is 9.05 Å². The maximum absolute atomic E-state index is 13.3. The average molecular weight is 535 g/mol. The van der Waals surface area contributed by atoms with Crippen molar-refractivity contribution in [3.63, 3.8) is 0 Å². The van der Waals surface area contributed by atoms with Crippen LogP contribution in [0.15, 0.2) is 140 Å². The summed E-state index contributed by atoms with van der Waals surface area (Å²) >= 11 is 0. The van der Waals surface area contributed by atoms with Gasteiger partial charge in [-0.1, -0.05) is 134 Å². The molecule has 0 aliphatic carbocycles. The van der Waals surface area contributed by atoms with Crippen LogP contribution in [-0.4, -0.2) is 4.89 Å². The van der Waals surface area contributed by atoms with Crippen molar-refractivity contribution in [1.82, 2.24) is 0 Å². The Morgan fingerprint density at radius 2 is 1.03 bits per heavy atom. The molecule has 39 heavy (non-hydrogen) atoms. The monoisotopic (exact) mass is 534 g/mol. The maximum Gasteiger partial charge on any atom is 0.528 e. The van der Waals surface area contributed by atoms with Crippen molar-refractivity contribution >= 4 is 7.82 Å². The van der Waals surface area contributed by atoms with Gasteiger partial charge in [0.2, 0.25) is 0 Å². The van der Waals surface area contributed by atoms with Crippen LogP contribution in [0, 0.1) is 0 Å². The van der Waals surface area contributed by atoms with Gasteiger partial charge in [-0.3, -0.25) is 9.42 Å². The third-order valence-corrected chi connectivity index (χ3v) is 8.23. The molecule has 3 unspecified atom stereocenters. The number of phosphoric ester groups is 1. The summed E-state index contributed by atoms with van der Waals surface area (Å²) in [4.78, 5) is 10.9. The van der Waals surface area contributed by atoms with E-state index in [1.807, 2.05) is 92.7 Å². The molecule has 5 aromatic carbocycles. The van der Waals surface area contributed by atoms with Crippen molar-refractivity contribution in [3.05, 3.63) is 151 Å². The molecule has 0 aliphatic rings. The fraction of sp³-hybridized carbons (Fsp3) is 0.118. The lowest BCUT2D eigenvalue weighted by Gasteiger charge is -2.37. The molecule has 0 spiro atoms. The van der Waals surface area contributed by atoms with Crippen LogP contribution in [0.3, 0.4) is 0 Å². The second kappa shape index (κ2) is 11.4. The molecule has 0 amide bonds. The highest BCUT2D eigenvalue weighted by Gasteiger charge is 2.43. The number of para-hydroxylation sites is 1. The van der Waals surface area contributed by atoms with E-state index in [0.29, 0.717) is 0 Å². The van der Waals surface area contributed by atoms with Crippen molar-refractivity contribution in [2.45, 2.75) is 25.4 Å². The molecular formula is C34H31O4P. The second-order valence-electron chi connectivity index (χ2n) is 9.72. The molecule has 3 atom stereocenters. The lowest BCUT2D eigenvalue weighted by atomic mass is 9.79. The Kier molecular flexibility index (Phi) is 7.81. The van der Waals surface area contributed by atoms with Gasteiger partial charge in [-0.25, -0.2) is 4.57 Å². The van der Waals surface area contributed by atoms with Crippen molar-refractivity contribution in [2.24, 2.45) is 0 Å². The summed E-state index contributed by atoms with van der Waals surface area (Å²) in [5, 5.41) is 0. The molecule has 0 aliphatic heterocycles. The molecule has 1 N–H and O–H groups in total. The summed E-state index contributed by atoms with van der Waals surface area (Å²) in [5.74, 6) is -0.0188. The van der Waals surface area contributed by atoms with Crippen LogP contribution in [-0.2, 0) is 14.7 Å². The lowest BCUT2D eigenvalue weighted by molar-refractivity contribution is 0.0292. The minimum atomic E-state index is -4.50. The topological polar surface area (TPSA) is 55.8 Å². The van der Waals surface area contributed by atoms with Gasteiger partial charge in [0.15, 0.2) is 0 Å². The number of rotatable bonds is 9. The van der Waals surface area contributed by atoms with Gasteiger partial charge < -0.3 is 4.52 Å². The van der Waals surface area contributed by atoms with Crippen LogP contribution in [0.1, 0.15) is 30.9 Å². The normalized spacial score (nSPS) is 15.1. The Morgan fingerprint density at radius 1 is 0.615 bits per heavy atom. The smallest absolute Gasteiger partial charge is 0.404 e. The fourth-order valence-electron chi connectivity index (χ4n) is 4.79. The predicted molar refractivity (Wildman–Crippen MR) is 158 cm³/mol. The zero-order valence-corrected chi connectivity index (χ0v) is 22.9. The predicted octanol–water partition coefficient (Wildman–Crippen LogP) is 9.24. The fourth-order valence-corrected chi connectivity index (χ4v) is 5.96. The number of hydrogen-bond acceptors (Lipinski definition) is 3. The number of hydrogen-bond donors (Lipinski definition) is 1. The van der Waals surface area contributed by atoms with E-state index in [1.165, 1.54) is 0 Å². The molecule has 0 bridgehead atoms. The maximum atomic E-state index is 13.3. The first-order valence-electron chi connectivity index (χ1n) is 12.9. The minimum absolute atomic E-state index is 0.268. The number of benzene rings is 5. The standard InChI is InChI=1S/C34H31O4P/c1-26(27-18-20-30(21-19-27)28-12-6-3-7-13-28)34(2,38-39(35,36)37-33-16-10-5-11-17-33)32-24-22-31(23-25-32)29-14-8-4-9-15-29/h3-26H,1-2H3,(H,35,36). The van der Waals surface area contributed by atoms with E-state index in [0.717, 1.165) is 33.4 Å². The van der Waals surface area contributed by atoms with Crippen molar-refractivity contribution < 1.29 is 18.5 Å². The van der Waals surface area contributed by atoms with Crippen molar-refractivity contribution in [1.29, 1.82) is 0 Å². The third-order valence-electron chi connectivity index (χ3n) is 7.18. The van der Waals surface area contributed by atoms with Gasteiger partial charge in [0.05, 0.1) is 0 Å². The highest BCUT2D eigenvalue weighted by atomic mass is 31.2. The Hall–Kier alpha value is -3.95. The zero-order valence-electron chi connectivity index (χ0n) is 22.0. The SMILES string of the molecule is CC(c1ccc(-c2ccccc2)cc1)C(C)(OP(=O)(O)Oc1ccccc1)c1ccc(-c2ccccc2)cc1. The highest BCUT2D eigenvalue weighted by molar-refractivity contribution is 7.47. The largest absolute Gasteiger partial charge is 0.528 e. The molecule has 0 radical (unpaired) electrons. The van der Waals surface area contributed by atoms with E-state index >= 15 is 0 Å². The van der Waals surface area contributed by atoms with Gasteiger partial charge in [0.25, 0.3) is 0 Å². The Labute approximate surface area is 230 Å². The molecule has 0 heterocycles. The first-order valence-corrected chi connectivity index (χ1v) is 14.4. The van der Waals surface area contributed by atoms with Gasteiger partial charge in [-0.15, -0.1) is 0 Å². The third kappa shape index (κ3) is 6.21. The summed E-state index contributed by atoms with van der Waals surface area (Å²) in [6.07, 6.45) is 0. The average Bonchev–Trinajstić information content (AvgIpc) is 2.98. The number of phosphoric acid groups is 1. The Morgan fingerprint density at radius 3 is 1.51 bits per heavy atom. The van der Waals surface area contributed by atoms with Gasteiger partial charge >= 0.3 is 7.82 Å². The Balaban J connectivity index is 1.50. The van der Waals surface area contributed by atoms with Gasteiger partial charge in [-0.05, 0) is 52.4 Å². The molecule has 5 aromatic rings. The zero-order chi connectivity index (χ0) is 27.3. The molecule has 196 valence electrons. The summed E-state index contributed by atoms with van der Waals surface area (Å²) in [6.45, 7) is 3.85. The quantitative estimate of drug-likeness (QED) is 0.192. The van der Waals surface area contributed by atoms with E-state index in [1.54, 1.807) is 24.3 Å². The molecule has 5 rings (SSSR count). The summed E-state index contributed by atoms with van der Waals surface area (Å²) < 4.78 is 24.9. The summed E-state index contributed by atoms with van der Waals surface area (Å²) in [7, 11) is -4.50. The van der Waals surface area contributed by atoms with Gasteiger partial charge in [0.1, 0.15) is 11.4 Å². The van der Waals surface area contributed by atoms with Crippen LogP contribution in [0.25, 0.3) is 22.3 Å². The molecule has 4 nitrogen and oxygen atoms in total. The van der Waals surface area contributed by atoms with E-state index < -0.39 is 13.4 Å². The minimum Gasteiger partial charge on any atom is -0.404 e. The molecular weight excluding hydrogens is 503 g/mol. The molecule has 0 aromatic heterocycles. The van der Waals surface area contributed by atoms with E-state index in [9.17, 15) is 9.46 Å². The van der Waals surface area contributed by atoms with Gasteiger partial charge in [0, 0.05) is 5.92 Å². The molecule has 0 fully saturated rings. The molecule has 0 saturated carbocycles. The Bertz CT molecular complexity index is 1540. The summed E-state index contributed by atoms with van der Waals surface area (Å²) in [5.41, 5.74) is 4.94. The van der Waals surface area contributed by atoms with Crippen LogP contribution in [0.2, 0.25) is 0 Å². The van der Waals surface area contributed by atoms with E-state index in [-0.39, 0.29) is 11.7 Å². The molecule has 0 saturated heterocycles. The second-order valence-corrected chi connectivity index (χ2v) is 11.0. The van der Waals surface area contributed by atoms with Crippen LogP contribution >= 0.6 is 7.82 Å². The molecule has 5 heteroatoms. The highest BCUT2D eigenvalue weighted by Crippen LogP contribution is 2.54. The van der Waals surface area contributed by atoms with E-state index in [2.05, 4.69) is 36.4 Å². The van der Waals surface area contributed by atoms with Crippen molar-refractivity contribution in [2.75, 3.05) is 0 Å². The van der Waals surface area contributed by atoms with Gasteiger partial charge in [-0.2, -0.15) is 0 Å². The van der Waals surface area contributed by atoms with Crippen LogP contribution in [0.5, 0.6) is 5.75 Å². The first kappa shape index (κ1) is 26.6. The van der Waals surface area contributed by atoms with Crippen molar-refractivity contribution in [3.8, 4) is 28.0 Å². The summed E-state index contributed by atoms with van der Waals surface area (Å²) in [6, 6.07) is 45.0. The lowest BCUT2D eigenvalue weighted by Crippen LogP contribution is -2.32.